The topological polar surface area (TPSA) is 96.7 Å². The molecule has 4 aromatic carbocycles. The molecule has 9 heteroatoms. The van der Waals surface area contributed by atoms with Gasteiger partial charge in [0.25, 0.3) is 5.91 Å². The molecule has 0 aliphatic carbocycles. The second-order valence-corrected chi connectivity index (χ2v) is 9.45. The first-order valence-electron chi connectivity index (χ1n) is 12.7. The van der Waals surface area contributed by atoms with Crippen molar-refractivity contribution in [3.8, 4) is 17.1 Å². The molecule has 0 saturated carbocycles. The van der Waals surface area contributed by atoms with Crippen LogP contribution in [0.4, 0.5) is 22.9 Å². The molecule has 198 valence electrons. The van der Waals surface area contributed by atoms with Crippen molar-refractivity contribution in [2.75, 3.05) is 36.7 Å². The van der Waals surface area contributed by atoms with E-state index in [9.17, 15) is 4.79 Å². The van der Waals surface area contributed by atoms with E-state index in [4.69, 9.17) is 9.84 Å². The molecule has 9 nitrogen and oxygen atoms in total. The third-order valence-corrected chi connectivity index (χ3v) is 6.63. The smallest absolute Gasteiger partial charge is 0.257 e. The number of rotatable bonds is 7. The van der Waals surface area contributed by atoms with Crippen LogP contribution in [-0.2, 0) is 0 Å². The Morgan fingerprint density at radius 2 is 1.55 bits per heavy atom. The fourth-order valence-electron chi connectivity index (χ4n) is 4.66. The summed E-state index contributed by atoms with van der Waals surface area (Å²) >= 11 is 0. The van der Waals surface area contributed by atoms with Gasteiger partial charge in [-0.05, 0) is 54.6 Å². The number of fused-ring (bicyclic) bond motifs is 3. The Kier molecular flexibility index (Phi) is 6.45. The summed E-state index contributed by atoms with van der Waals surface area (Å²) in [7, 11) is 5.47. The Balaban J connectivity index is 1.35. The fraction of sp³-hybridized carbons (Fsp3) is 0.0968. The van der Waals surface area contributed by atoms with Crippen LogP contribution in [0, 0.1) is 0 Å². The maximum atomic E-state index is 13.1. The number of para-hydroxylation sites is 1. The van der Waals surface area contributed by atoms with Gasteiger partial charge >= 0.3 is 0 Å². The van der Waals surface area contributed by atoms with E-state index in [0.29, 0.717) is 28.5 Å². The molecular weight excluding hydrogens is 502 g/mol. The van der Waals surface area contributed by atoms with Crippen LogP contribution >= 0.6 is 0 Å². The van der Waals surface area contributed by atoms with Crippen LogP contribution < -0.4 is 20.3 Å². The Labute approximate surface area is 231 Å². The van der Waals surface area contributed by atoms with Crippen LogP contribution in [-0.4, -0.2) is 46.9 Å². The lowest BCUT2D eigenvalue weighted by Gasteiger charge is -2.17. The number of carbonyl (C=O) groups is 1. The largest absolute Gasteiger partial charge is 0.497 e. The van der Waals surface area contributed by atoms with E-state index in [2.05, 4.69) is 20.8 Å². The molecule has 0 aliphatic rings. The number of methoxy groups -OCH3 is 1. The van der Waals surface area contributed by atoms with Crippen LogP contribution in [0.5, 0.6) is 5.75 Å². The highest BCUT2D eigenvalue weighted by molar-refractivity contribution is 6.08. The Morgan fingerprint density at radius 3 is 2.33 bits per heavy atom. The monoisotopic (exact) mass is 529 g/mol. The second kappa shape index (κ2) is 10.4. The van der Waals surface area contributed by atoms with E-state index in [0.717, 1.165) is 33.5 Å². The van der Waals surface area contributed by atoms with Crippen molar-refractivity contribution in [3.05, 3.63) is 103 Å². The molecule has 6 rings (SSSR count). The minimum absolute atomic E-state index is 0.180. The molecule has 0 saturated heterocycles. The number of hydrogen-bond acceptors (Lipinski definition) is 7. The van der Waals surface area contributed by atoms with Gasteiger partial charge in [-0.15, -0.1) is 15.3 Å². The van der Waals surface area contributed by atoms with Crippen molar-refractivity contribution in [2.45, 2.75) is 0 Å². The fourth-order valence-corrected chi connectivity index (χ4v) is 4.66. The van der Waals surface area contributed by atoms with Crippen LogP contribution in [0.3, 0.4) is 0 Å². The standard InChI is InChI=1S/C31H27N7O2/c1-37(2)27-14-7-6-13-26(27)31(39)33-22-10-8-9-21(19-22)32-28-24-11-4-5-12-25(24)30-35-34-29(38(30)36-28)20-15-17-23(40-3)18-16-20/h4-19H,1-3H3,(H,32,36)(H,33,39). The van der Waals surface area contributed by atoms with Gasteiger partial charge in [-0.1, -0.05) is 42.5 Å². The molecule has 0 fully saturated rings. The molecule has 2 heterocycles. The van der Waals surface area contributed by atoms with Crippen molar-refractivity contribution < 1.29 is 9.53 Å². The van der Waals surface area contributed by atoms with Gasteiger partial charge in [0.15, 0.2) is 17.3 Å². The molecule has 1 amide bonds. The SMILES string of the molecule is COc1ccc(-c2nnc3c4ccccc4c(Nc4cccc(NC(=O)c5ccccc5N(C)C)c4)nn23)cc1. The highest BCUT2D eigenvalue weighted by Gasteiger charge is 2.17. The third-order valence-electron chi connectivity index (χ3n) is 6.63. The van der Waals surface area contributed by atoms with Crippen molar-refractivity contribution in [1.82, 2.24) is 19.8 Å². The number of amides is 1. The van der Waals surface area contributed by atoms with Gasteiger partial charge in [0.1, 0.15) is 5.75 Å². The summed E-state index contributed by atoms with van der Waals surface area (Å²) in [4.78, 5) is 15.0. The van der Waals surface area contributed by atoms with Crippen molar-refractivity contribution >= 4 is 45.2 Å². The number of aromatic nitrogens is 4. The summed E-state index contributed by atoms with van der Waals surface area (Å²) in [5, 5.41) is 22.1. The maximum Gasteiger partial charge on any atom is 0.257 e. The average molecular weight is 530 g/mol. The van der Waals surface area contributed by atoms with E-state index in [-0.39, 0.29) is 5.91 Å². The second-order valence-electron chi connectivity index (χ2n) is 9.45. The summed E-state index contributed by atoms with van der Waals surface area (Å²) < 4.78 is 7.04. The molecule has 0 unspecified atom stereocenters. The summed E-state index contributed by atoms with van der Waals surface area (Å²) in [6.45, 7) is 0. The number of benzene rings is 4. The van der Waals surface area contributed by atoms with Gasteiger partial charge in [-0.3, -0.25) is 4.79 Å². The summed E-state index contributed by atoms with van der Waals surface area (Å²) in [6, 6.07) is 30.6. The van der Waals surface area contributed by atoms with Crippen LogP contribution in [0.15, 0.2) is 97.1 Å². The molecule has 40 heavy (non-hydrogen) atoms. The lowest BCUT2D eigenvalue weighted by atomic mass is 10.1. The predicted molar refractivity (Wildman–Crippen MR) is 159 cm³/mol. The Hall–Kier alpha value is -5.44. The maximum absolute atomic E-state index is 13.1. The normalized spacial score (nSPS) is 11.0. The van der Waals surface area contributed by atoms with Gasteiger partial charge < -0.3 is 20.3 Å². The number of nitrogens with one attached hydrogen (secondary N) is 2. The Bertz CT molecular complexity index is 1850. The van der Waals surface area contributed by atoms with Crippen LogP contribution in [0.2, 0.25) is 0 Å². The van der Waals surface area contributed by atoms with Crippen LogP contribution in [0.1, 0.15) is 10.4 Å². The van der Waals surface area contributed by atoms with Gasteiger partial charge in [-0.25, -0.2) is 0 Å². The van der Waals surface area contributed by atoms with Crippen molar-refractivity contribution in [1.29, 1.82) is 0 Å². The number of carbonyl (C=O) groups excluding carboxylic acids is 1. The third kappa shape index (κ3) is 4.64. The molecule has 2 aromatic heterocycles. The lowest BCUT2D eigenvalue weighted by Crippen LogP contribution is -2.18. The molecule has 0 atom stereocenters. The first kappa shape index (κ1) is 24.9. The number of nitrogens with zero attached hydrogens (tertiary/aromatic N) is 5. The zero-order valence-corrected chi connectivity index (χ0v) is 22.3. The van der Waals surface area contributed by atoms with Gasteiger partial charge in [0.2, 0.25) is 0 Å². The summed E-state index contributed by atoms with van der Waals surface area (Å²) in [5.41, 5.74) is 4.41. The van der Waals surface area contributed by atoms with E-state index in [1.807, 2.05) is 116 Å². The highest BCUT2D eigenvalue weighted by atomic mass is 16.5. The molecule has 0 aliphatic heterocycles. The summed E-state index contributed by atoms with van der Waals surface area (Å²) in [6.07, 6.45) is 0. The minimum atomic E-state index is -0.180. The van der Waals surface area contributed by atoms with E-state index in [1.54, 1.807) is 11.6 Å². The van der Waals surface area contributed by atoms with E-state index < -0.39 is 0 Å². The number of anilines is 4. The quantitative estimate of drug-likeness (QED) is 0.261. The van der Waals surface area contributed by atoms with Gasteiger partial charge in [0, 0.05) is 47.5 Å². The van der Waals surface area contributed by atoms with Crippen LogP contribution in [0.25, 0.3) is 27.8 Å². The average Bonchev–Trinajstić information content (AvgIpc) is 3.41. The van der Waals surface area contributed by atoms with Crippen molar-refractivity contribution in [3.63, 3.8) is 0 Å². The molecule has 0 radical (unpaired) electrons. The molecule has 2 N–H and O–H groups in total. The van der Waals surface area contributed by atoms with Crippen molar-refractivity contribution in [2.24, 2.45) is 0 Å². The number of hydrogen-bond donors (Lipinski definition) is 2. The predicted octanol–water partition coefficient (Wildman–Crippen LogP) is 6.02. The highest BCUT2D eigenvalue weighted by Crippen LogP contribution is 2.30. The number of ether oxygens (including phenoxy) is 1. The first-order valence-corrected chi connectivity index (χ1v) is 12.7. The first-order chi connectivity index (χ1) is 19.5. The van der Waals surface area contributed by atoms with Gasteiger partial charge in [0.05, 0.1) is 12.7 Å². The van der Waals surface area contributed by atoms with Gasteiger partial charge in [-0.2, -0.15) is 4.52 Å². The van der Waals surface area contributed by atoms with E-state index in [1.165, 1.54) is 0 Å². The lowest BCUT2D eigenvalue weighted by molar-refractivity contribution is 0.102. The Morgan fingerprint density at radius 1 is 0.825 bits per heavy atom. The zero-order valence-electron chi connectivity index (χ0n) is 22.3. The van der Waals surface area contributed by atoms with E-state index >= 15 is 0 Å². The molecule has 6 aromatic rings. The molecular formula is C31H27N7O2. The minimum Gasteiger partial charge on any atom is -0.497 e. The summed E-state index contributed by atoms with van der Waals surface area (Å²) in [5.74, 6) is 1.83. The molecule has 0 bridgehead atoms. The zero-order chi connectivity index (χ0) is 27.6. The molecule has 0 spiro atoms.